The zero-order chi connectivity index (χ0) is 36.0. The molecule has 4 amide bonds. The highest BCUT2D eigenvalue weighted by molar-refractivity contribution is 8.00. The molecule has 2 aliphatic heterocycles. The van der Waals surface area contributed by atoms with Crippen molar-refractivity contribution in [3.05, 3.63) is 121 Å². The second-order valence-corrected chi connectivity index (χ2v) is 19.3. The molecule has 3 atom stereocenters. The van der Waals surface area contributed by atoms with Crippen LogP contribution in [0.1, 0.15) is 38.5 Å². The average Bonchev–Trinajstić information content (AvgIpc) is 3.75. The number of benzene rings is 4. The fraction of sp³-hybridized carbons (Fsp3) is 0.357. The van der Waals surface area contributed by atoms with Crippen molar-refractivity contribution in [2.75, 3.05) is 37.7 Å². The van der Waals surface area contributed by atoms with Gasteiger partial charge in [0.25, 0.3) is 0 Å². The predicted molar refractivity (Wildman–Crippen MR) is 221 cm³/mol. The molecule has 272 valence electrons. The van der Waals surface area contributed by atoms with E-state index in [-0.39, 0.29) is 29.9 Å². The first-order chi connectivity index (χ1) is 25.5. The number of rotatable bonds is 19. The van der Waals surface area contributed by atoms with Gasteiger partial charge in [0, 0.05) is 43.5 Å². The number of carbonyl (C=O) groups excluding carboxylic acids is 3. The maximum atomic E-state index is 14.0. The van der Waals surface area contributed by atoms with Crippen LogP contribution in [0.15, 0.2) is 121 Å². The van der Waals surface area contributed by atoms with E-state index in [2.05, 4.69) is 142 Å². The van der Waals surface area contributed by atoms with Gasteiger partial charge in [0.15, 0.2) is 0 Å². The lowest BCUT2D eigenvalue weighted by Gasteiger charge is -2.28. The molecule has 0 bridgehead atoms. The Balaban J connectivity index is 1.04. The molecule has 0 saturated carbocycles. The molecular weight excluding hydrogens is 703 g/mol. The number of amides is 4. The summed E-state index contributed by atoms with van der Waals surface area (Å²) in [5.41, 5.74) is 0. The number of hydrogen-bond acceptors (Lipinski definition) is 4. The smallest absolute Gasteiger partial charge is 0.315 e. The van der Waals surface area contributed by atoms with Gasteiger partial charge in [0.1, 0.15) is 0 Å². The normalized spacial score (nSPS) is 17.8. The molecule has 2 aliphatic rings. The molecule has 0 spiro atoms. The van der Waals surface area contributed by atoms with E-state index >= 15 is 0 Å². The number of carbonyl (C=O) groups is 3. The Bertz CT molecular complexity index is 1540. The summed E-state index contributed by atoms with van der Waals surface area (Å²) >= 11 is 1.91. The van der Waals surface area contributed by atoms with Crippen LogP contribution in [0.2, 0.25) is 0 Å². The molecule has 4 aromatic carbocycles. The maximum Gasteiger partial charge on any atom is 0.315 e. The van der Waals surface area contributed by atoms with Crippen molar-refractivity contribution in [1.29, 1.82) is 0 Å². The number of unbranched alkanes of at least 4 members (excludes halogenated alkanes) is 1. The Hall–Kier alpha value is -3.70. The third-order valence-electron chi connectivity index (χ3n) is 9.78. The fourth-order valence-electron chi connectivity index (χ4n) is 7.04. The molecule has 10 heteroatoms. The Labute approximate surface area is 315 Å². The van der Waals surface area contributed by atoms with Crippen molar-refractivity contribution in [3.8, 4) is 0 Å². The largest absolute Gasteiger partial charge is 0.356 e. The Morgan fingerprint density at radius 2 is 1.17 bits per heavy atom. The predicted octanol–water partition coefficient (Wildman–Crippen LogP) is 5.70. The Morgan fingerprint density at radius 1 is 0.673 bits per heavy atom. The summed E-state index contributed by atoms with van der Waals surface area (Å²) in [6, 6.07) is 43.2. The van der Waals surface area contributed by atoms with E-state index < -0.39 is 15.8 Å². The highest BCUT2D eigenvalue weighted by atomic mass is 32.2. The van der Waals surface area contributed by atoms with Crippen molar-refractivity contribution < 1.29 is 14.4 Å². The van der Waals surface area contributed by atoms with Crippen LogP contribution < -0.4 is 37.2 Å². The van der Waals surface area contributed by atoms with Crippen LogP contribution in [0.4, 0.5) is 4.79 Å². The zero-order valence-corrected chi connectivity index (χ0v) is 32.3. The lowest BCUT2D eigenvalue weighted by Crippen LogP contribution is -2.37. The molecule has 7 nitrogen and oxygen atoms in total. The SMILES string of the molecule is O=C(CCCC[C@@H]1SC[C@@H]2NC(=O)N[C@@H]21)NCCCC(=O)N(CCP(c1ccccc1)c1ccccc1)CCP(c1ccccc1)c1ccccc1. The second-order valence-electron chi connectivity index (χ2n) is 13.3. The van der Waals surface area contributed by atoms with Crippen LogP contribution in [0.25, 0.3) is 0 Å². The van der Waals surface area contributed by atoms with E-state index in [1.165, 1.54) is 21.2 Å². The van der Waals surface area contributed by atoms with E-state index in [9.17, 15) is 14.4 Å². The molecule has 2 saturated heterocycles. The number of hydrogen-bond donors (Lipinski definition) is 3. The molecule has 52 heavy (non-hydrogen) atoms. The van der Waals surface area contributed by atoms with Crippen molar-refractivity contribution in [3.63, 3.8) is 0 Å². The van der Waals surface area contributed by atoms with Crippen LogP contribution in [-0.4, -0.2) is 77.8 Å². The van der Waals surface area contributed by atoms with Gasteiger partial charge >= 0.3 is 6.03 Å². The van der Waals surface area contributed by atoms with Crippen LogP contribution in [0, 0.1) is 0 Å². The van der Waals surface area contributed by atoms with Crippen LogP contribution in [0.3, 0.4) is 0 Å². The third-order valence-corrected chi connectivity index (χ3v) is 16.3. The van der Waals surface area contributed by atoms with Gasteiger partial charge in [0.05, 0.1) is 12.1 Å². The first-order valence-corrected chi connectivity index (χ1v) is 22.6. The minimum Gasteiger partial charge on any atom is -0.356 e. The molecule has 2 fully saturated rings. The first-order valence-electron chi connectivity index (χ1n) is 18.5. The lowest BCUT2D eigenvalue weighted by atomic mass is 10.0. The van der Waals surface area contributed by atoms with Crippen LogP contribution in [-0.2, 0) is 9.59 Å². The number of nitrogens with zero attached hydrogens (tertiary/aromatic N) is 1. The van der Waals surface area contributed by atoms with Gasteiger partial charge in [-0.15, -0.1) is 0 Å². The number of thioether (sulfide) groups is 1. The maximum absolute atomic E-state index is 14.0. The van der Waals surface area contributed by atoms with E-state index in [0.717, 1.165) is 37.3 Å². The van der Waals surface area contributed by atoms with Gasteiger partial charge < -0.3 is 20.9 Å². The molecule has 2 heterocycles. The van der Waals surface area contributed by atoms with Crippen molar-refractivity contribution in [2.45, 2.75) is 55.9 Å². The number of urea groups is 1. The van der Waals surface area contributed by atoms with E-state index in [0.29, 0.717) is 44.1 Å². The summed E-state index contributed by atoms with van der Waals surface area (Å²) in [6.07, 6.45) is 6.08. The van der Waals surface area contributed by atoms with Crippen LogP contribution in [0.5, 0.6) is 0 Å². The second kappa shape index (κ2) is 19.9. The highest BCUT2D eigenvalue weighted by Gasteiger charge is 2.42. The molecule has 0 unspecified atom stereocenters. The quantitative estimate of drug-likeness (QED) is 0.0652. The van der Waals surface area contributed by atoms with Crippen molar-refractivity contribution in [2.24, 2.45) is 0 Å². The van der Waals surface area contributed by atoms with Crippen molar-refractivity contribution >= 4 is 66.7 Å². The summed E-state index contributed by atoms with van der Waals surface area (Å²) in [5, 5.41) is 14.8. The van der Waals surface area contributed by atoms with Crippen molar-refractivity contribution in [1.82, 2.24) is 20.9 Å². The van der Waals surface area contributed by atoms with Gasteiger partial charge in [-0.3, -0.25) is 9.59 Å². The molecule has 0 aromatic heterocycles. The monoisotopic (exact) mass is 752 g/mol. The summed E-state index contributed by atoms with van der Waals surface area (Å²) < 4.78 is 0. The van der Waals surface area contributed by atoms with E-state index in [1.54, 1.807) is 0 Å². The Kier molecular flexibility index (Phi) is 14.6. The van der Waals surface area contributed by atoms with E-state index in [4.69, 9.17) is 0 Å². The third kappa shape index (κ3) is 10.9. The summed E-state index contributed by atoms with van der Waals surface area (Å²) in [7, 11) is -1.26. The number of nitrogens with one attached hydrogen (secondary N) is 3. The van der Waals surface area contributed by atoms with Gasteiger partial charge in [-0.1, -0.05) is 128 Å². The summed E-state index contributed by atoms with van der Waals surface area (Å²) in [4.78, 5) is 40.4. The fourth-order valence-corrected chi connectivity index (χ4v) is 13.2. The van der Waals surface area contributed by atoms with Gasteiger partial charge in [-0.2, -0.15) is 11.8 Å². The van der Waals surface area contributed by atoms with Gasteiger partial charge in [-0.05, 0) is 68.6 Å². The van der Waals surface area contributed by atoms with Gasteiger partial charge in [0.2, 0.25) is 11.8 Å². The topological polar surface area (TPSA) is 90.5 Å². The first kappa shape index (κ1) is 38.0. The lowest BCUT2D eigenvalue weighted by molar-refractivity contribution is -0.131. The highest BCUT2D eigenvalue weighted by Crippen LogP contribution is 2.36. The van der Waals surface area contributed by atoms with Gasteiger partial charge in [-0.25, -0.2) is 4.79 Å². The Morgan fingerprint density at radius 3 is 1.67 bits per heavy atom. The molecule has 3 N–H and O–H groups in total. The zero-order valence-electron chi connectivity index (χ0n) is 29.7. The molecule has 0 radical (unpaired) electrons. The number of fused-ring (bicyclic) bond motifs is 1. The molecule has 4 aromatic rings. The minimum absolute atomic E-state index is 0.0461. The molecular formula is C42H50N4O3P2S. The average molecular weight is 753 g/mol. The van der Waals surface area contributed by atoms with Crippen LogP contribution >= 0.6 is 27.6 Å². The molecule has 6 rings (SSSR count). The summed E-state index contributed by atoms with van der Waals surface area (Å²) in [6.45, 7) is 1.88. The molecule has 0 aliphatic carbocycles. The van der Waals surface area contributed by atoms with E-state index in [1.807, 2.05) is 11.8 Å². The summed E-state index contributed by atoms with van der Waals surface area (Å²) in [5.74, 6) is 1.15. The minimum atomic E-state index is -0.631. The standard InChI is InChI=1S/C42H50N4O3P2S/c47-39(25-14-13-24-38-41-37(32-52-38)44-42(49)45-41)43-27-15-26-40(48)46(28-30-50(33-16-5-1-6-17-33)34-18-7-2-8-19-34)29-31-51(35-20-9-3-10-21-35)36-22-11-4-12-23-36/h1-12,16-23,37-38,41H,13-15,24-32H2,(H,43,47)(H2,44,45,49)/t37-,38-,41-/m0/s1.